The van der Waals surface area contributed by atoms with Crippen molar-refractivity contribution in [1.29, 1.82) is 0 Å². The van der Waals surface area contributed by atoms with E-state index in [1.165, 1.54) is 6.33 Å². The third-order valence-corrected chi connectivity index (χ3v) is 1.96. The Morgan fingerprint density at radius 1 is 1.54 bits per heavy atom. The van der Waals surface area contributed by atoms with E-state index in [0.29, 0.717) is 10.6 Å². The lowest BCUT2D eigenvalue weighted by Gasteiger charge is -1.92. The van der Waals surface area contributed by atoms with Gasteiger partial charge >= 0.3 is 0 Å². The van der Waals surface area contributed by atoms with E-state index in [1.54, 1.807) is 24.0 Å². The number of H-pyrrole nitrogens is 1. The van der Waals surface area contributed by atoms with Crippen LogP contribution in [0.25, 0.3) is 11.5 Å². The van der Waals surface area contributed by atoms with Crippen LogP contribution in [-0.2, 0) is 7.05 Å². The molecule has 5 nitrogen and oxygen atoms in total. The molecule has 2 rings (SSSR count). The second-order valence-electron chi connectivity index (χ2n) is 2.51. The molecule has 0 atom stereocenters. The van der Waals surface area contributed by atoms with Crippen molar-refractivity contribution in [2.45, 2.75) is 0 Å². The summed E-state index contributed by atoms with van der Waals surface area (Å²) in [7, 11) is 1.81. The summed E-state index contributed by atoms with van der Waals surface area (Å²) in [6.07, 6.45) is 3.13. The molecule has 0 unspecified atom stereocenters. The van der Waals surface area contributed by atoms with Crippen LogP contribution in [0.5, 0.6) is 0 Å². The number of aryl methyl sites for hydroxylation is 1. The Bertz CT molecular complexity index is 457. The minimum atomic E-state index is 0.508. The molecule has 1 N–H and O–H groups in total. The van der Waals surface area contributed by atoms with Gasteiger partial charge in [0, 0.05) is 13.2 Å². The summed E-state index contributed by atoms with van der Waals surface area (Å²) in [5.74, 6) is 0.662. The van der Waals surface area contributed by atoms with Gasteiger partial charge in [0.05, 0.1) is 0 Å². The molecule has 2 aromatic rings. The lowest BCUT2D eigenvalue weighted by atomic mass is 10.4. The molecule has 0 aliphatic heterocycles. The fourth-order valence-corrected chi connectivity index (χ4v) is 1.08. The van der Waals surface area contributed by atoms with Crippen molar-refractivity contribution in [2.24, 2.45) is 7.05 Å². The second-order valence-corrected chi connectivity index (χ2v) is 2.87. The molecule has 13 heavy (non-hydrogen) atoms. The van der Waals surface area contributed by atoms with E-state index >= 15 is 0 Å². The van der Waals surface area contributed by atoms with Crippen molar-refractivity contribution in [3.63, 3.8) is 0 Å². The van der Waals surface area contributed by atoms with Gasteiger partial charge in [-0.05, 0) is 18.3 Å². The van der Waals surface area contributed by atoms with Crippen molar-refractivity contribution in [3.05, 3.63) is 23.4 Å². The molecule has 0 spiro atoms. The maximum atomic E-state index is 4.95. The standard InChI is InChI=1S/C7H7N5S/c1-12-7(13)10-6(11-12)5-2-3-8-4-9-5/h2-4H,1H3,(H,10,11,13). The van der Waals surface area contributed by atoms with Gasteiger partial charge in [-0.25, -0.2) is 9.97 Å². The van der Waals surface area contributed by atoms with Crippen LogP contribution in [0.15, 0.2) is 18.6 Å². The van der Waals surface area contributed by atoms with Crippen LogP contribution in [0.3, 0.4) is 0 Å². The van der Waals surface area contributed by atoms with Crippen LogP contribution < -0.4 is 0 Å². The zero-order chi connectivity index (χ0) is 9.26. The summed E-state index contributed by atoms with van der Waals surface area (Å²) < 4.78 is 2.17. The fourth-order valence-electron chi connectivity index (χ4n) is 0.948. The maximum Gasteiger partial charge on any atom is 0.216 e. The van der Waals surface area contributed by atoms with Gasteiger partial charge in [0.1, 0.15) is 12.0 Å². The van der Waals surface area contributed by atoms with Crippen molar-refractivity contribution in [3.8, 4) is 11.5 Å². The van der Waals surface area contributed by atoms with Gasteiger partial charge < -0.3 is 0 Å². The van der Waals surface area contributed by atoms with Crippen molar-refractivity contribution >= 4 is 12.2 Å². The van der Waals surface area contributed by atoms with Crippen molar-refractivity contribution < 1.29 is 0 Å². The van der Waals surface area contributed by atoms with E-state index in [4.69, 9.17) is 12.2 Å². The SMILES string of the molecule is Cn1[nH]c(-c2ccncn2)nc1=S. The van der Waals surface area contributed by atoms with E-state index in [1.807, 2.05) is 0 Å². The third-order valence-electron chi connectivity index (χ3n) is 1.59. The summed E-state index contributed by atoms with van der Waals surface area (Å²) >= 11 is 4.95. The van der Waals surface area contributed by atoms with Crippen LogP contribution in [0, 0.1) is 4.77 Å². The fraction of sp³-hybridized carbons (Fsp3) is 0.143. The highest BCUT2D eigenvalue weighted by Crippen LogP contribution is 2.08. The number of aromatic amines is 1. The maximum absolute atomic E-state index is 4.95. The molecule has 0 bridgehead atoms. The quantitative estimate of drug-likeness (QED) is 0.684. The minimum absolute atomic E-state index is 0.508. The lowest BCUT2D eigenvalue weighted by Crippen LogP contribution is -1.90. The normalized spacial score (nSPS) is 10.2. The molecule has 0 aromatic carbocycles. The first-order chi connectivity index (χ1) is 6.27. The summed E-state index contributed by atoms with van der Waals surface area (Å²) in [4.78, 5) is 12.0. The zero-order valence-electron chi connectivity index (χ0n) is 6.93. The number of hydrogen-bond acceptors (Lipinski definition) is 4. The van der Waals surface area contributed by atoms with E-state index < -0.39 is 0 Å². The predicted molar refractivity (Wildman–Crippen MR) is 49.4 cm³/mol. The van der Waals surface area contributed by atoms with E-state index in [2.05, 4.69) is 20.1 Å². The first-order valence-corrected chi connectivity index (χ1v) is 4.07. The number of nitrogens with zero attached hydrogens (tertiary/aromatic N) is 4. The summed E-state index contributed by atoms with van der Waals surface area (Å²) in [6.45, 7) is 0. The molecular weight excluding hydrogens is 186 g/mol. The first kappa shape index (κ1) is 8.06. The molecule has 0 aliphatic rings. The number of aromatic nitrogens is 5. The lowest BCUT2D eigenvalue weighted by molar-refractivity contribution is 0.755. The summed E-state index contributed by atoms with van der Waals surface area (Å²) in [5, 5.41) is 2.97. The third kappa shape index (κ3) is 1.48. The molecule has 2 aromatic heterocycles. The van der Waals surface area contributed by atoms with E-state index in [0.717, 1.165) is 5.69 Å². The Kier molecular flexibility index (Phi) is 1.90. The highest BCUT2D eigenvalue weighted by Gasteiger charge is 2.02. The molecule has 2 heterocycles. The first-order valence-electron chi connectivity index (χ1n) is 3.67. The number of hydrogen-bond donors (Lipinski definition) is 1. The Morgan fingerprint density at radius 2 is 2.38 bits per heavy atom. The average molecular weight is 193 g/mol. The molecule has 0 aliphatic carbocycles. The molecule has 0 radical (unpaired) electrons. The topological polar surface area (TPSA) is 59.4 Å². The number of nitrogens with one attached hydrogen (secondary N) is 1. The predicted octanol–water partition coefficient (Wildman–Crippen LogP) is 0.935. The molecule has 66 valence electrons. The van der Waals surface area contributed by atoms with Gasteiger partial charge in [-0.15, -0.1) is 0 Å². The van der Waals surface area contributed by atoms with Gasteiger partial charge in [-0.3, -0.25) is 9.78 Å². The van der Waals surface area contributed by atoms with Gasteiger partial charge in [0.25, 0.3) is 0 Å². The Labute approximate surface area is 79.5 Å². The largest absolute Gasteiger partial charge is 0.278 e. The molecule has 0 saturated heterocycles. The monoisotopic (exact) mass is 193 g/mol. The molecule has 0 fully saturated rings. The van der Waals surface area contributed by atoms with Crippen LogP contribution >= 0.6 is 12.2 Å². The van der Waals surface area contributed by atoms with Crippen LogP contribution in [-0.4, -0.2) is 24.7 Å². The van der Waals surface area contributed by atoms with Gasteiger partial charge in [0.15, 0.2) is 5.82 Å². The highest BCUT2D eigenvalue weighted by atomic mass is 32.1. The summed E-state index contributed by atoms with van der Waals surface area (Å²) in [5.41, 5.74) is 0.738. The Hall–Kier alpha value is -1.56. The molecule has 0 saturated carbocycles. The smallest absolute Gasteiger partial charge is 0.216 e. The van der Waals surface area contributed by atoms with Crippen LogP contribution in [0.1, 0.15) is 0 Å². The minimum Gasteiger partial charge on any atom is -0.278 e. The van der Waals surface area contributed by atoms with Gasteiger partial charge in [-0.1, -0.05) is 0 Å². The zero-order valence-corrected chi connectivity index (χ0v) is 7.75. The van der Waals surface area contributed by atoms with E-state index in [9.17, 15) is 0 Å². The molecular formula is C7H7N5S. The van der Waals surface area contributed by atoms with E-state index in [-0.39, 0.29) is 0 Å². The van der Waals surface area contributed by atoms with Crippen molar-refractivity contribution in [1.82, 2.24) is 24.7 Å². The molecule has 6 heteroatoms. The van der Waals surface area contributed by atoms with Crippen LogP contribution in [0.2, 0.25) is 0 Å². The average Bonchev–Trinajstić information content (AvgIpc) is 2.49. The Morgan fingerprint density at radius 3 is 2.92 bits per heavy atom. The van der Waals surface area contributed by atoms with Gasteiger partial charge in [-0.2, -0.15) is 4.98 Å². The number of rotatable bonds is 1. The molecule has 0 amide bonds. The van der Waals surface area contributed by atoms with Crippen LogP contribution in [0.4, 0.5) is 0 Å². The highest BCUT2D eigenvalue weighted by molar-refractivity contribution is 7.71. The van der Waals surface area contributed by atoms with Gasteiger partial charge in [0.2, 0.25) is 4.77 Å². The summed E-state index contributed by atoms with van der Waals surface area (Å²) in [6, 6.07) is 1.77. The second kappa shape index (κ2) is 3.06. The van der Waals surface area contributed by atoms with Crippen molar-refractivity contribution in [2.75, 3.05) is 0 Å². The Balaban J connectivity index is 2.54.